The van der Waals surface area contributed by atoms with Gasteiger partial charge < -0.3 is 14.2 Å². The summed E-state index contributed by atoms with van der Waals surface area (Å²) in [5.74, 6) is 0. The van der Waals surface area contributed by atoms with Gasteiger partial charge in [0.2, 0.25) is 14.8 Å². The fraction of sp³-hybridized carbons (Fsp3) is 0.462. The van der Waals surface area contributed by atoms with Crippen LogP contribution in [0.5, 0.6) is 0 Å². The van der Waals surface area contributed by atoms with Crippen molar-refractivity contribution in [2.75, 3.05) is 51.3 Å². The van der Waals surface area contributed by atoms with Crippen molar-refractivity contribution in [1.29, 1.82) is 0 Å². The second kappa shape index (κ2) is 10.6. The second-order valence-corrected chi connectivity index (χ2v) is 12.2. The van der Waals surface area contributed by atoms with Crippen LogP contribution in [-0.2, 0) is 14.8 Å². The Morgan fingerprint density at radius 1 is 0.973 bits per heavy atom. The maximum absolute atomic E-state index is 13.5. The minimum Gasteiger partial charge on any atom is -0.379 e. The van der Waals surface area contributed by atoms with Crippen molar-refractivity contribution in [2.45, 2.75) is 38.5 Å². The first kappa shape index (κ1) is 25.9. The Morgan fingerprint density at radius 3 is 2.41 bits per heavy atom. The van der Waals surface area contributed by atoms with Crippen LogP contribution in [0.4, 0.5) is 5.69 Å². The molecule has 0 radical (unpaired) electrons. The topological polar surface area (TPSA) is 84.4 Å². The highest BCUT2D eigenvalue weighted by molar-refractivity contribution is 7.89. The zero-order chi connectivity index (χ0) is 26.2. The summed E-state index contributed by atoms with van der Waals surface area (Å²) in [4.78, 5) is 7.81. The van der Waals surface area contributed by atoms with Crippen molar-refractivity contribution in [3.05, 3.63) is 57.1 Å². The van der Waals surface area contributed by atoms with Gasteiger partial charge in [0.25, 0.3) is 0 Å². The van der Waals surface area contributed by atoms with E-state index in [4.69, 9.17) is 9.84 Å². The molecule has 198 valence electrons. The molecule has 0 aliphatic carbocycles. The van der Waals surface area contributed by atoms with Crippen molar-refractivity contribution in [2.24, 2.45) is 10.1 Å². The molecule has 2 fully saturated rings. The summed E-state index contributed by atoms with van der Waals surface area (Å²) in [6, 6.07) is 7.66. The Hall–Kier alpha value is -2.73. The van der Waals surface area contributed by atoms with Gasteiger partial charge in [0.05, 0.1) is 41.4 Å². The summed E-state index contributed by atoms with van der Waals surface area (Å²) >= 11 is 1.56. The lowest BCUT2D eigenvalue weighted by Crippen LogP contribution is -2.40. The van der Waals surface area contributed by atoms with E-state index in [1.54, 1.807) is 24.5 Å². The zero-order valence-electron chi connectivity index (χ0n) is 21.8. The number of sulfonamides is 1. The molecule has 0 amide bonds. The van der Waals surface area contributed by atoms with Crippen molar-refractivity contribution in [1.82, 2.24) is 13.5 Å². The standard InChI is InChI=1S/C26H34N6O3S2/c1-19-15-22(17-28-32-20(2)18-36-26(32)27-4)21(3)31(19)25-16-23(7-8-24(25)29-9-5-6-10-29)37(33,34)30-11-13-35-14-12-30/h7-8,15-18H,5-6,9-14H2,1-4H3. The number of aryl methyl sites for hydroxylation is 2. The first-order valence-electron chi connectivity index (χ1n) is 12.6. The summed E-state index contributed by atoms with van der Waals surface area (Å²) in [6.45, 7) is 9.64. The van der Waals surface area contributed by atoms with Crippen LogP contribution in [-0.4, -0.2) is 74.6 Å². The molecule has 0 bridgehead atoms. The maximum atomic E-state index is 13.5. The van der Waals surface area contributed by atoms with Crippen molar-refractivity contribution >= 4 is 33.3 Å². The SMILES string of the molecule is CN=c1scc(C)n1N=Cc1cc(C)n(-c2cc(S(=O)(=O)N3CCOCC3)ccc2N2CCCC2)c1C. The van der Waals surface area contributed by atoms with Crippen LogP contribution in [0.1, 0.15) is 35.5 Å². The van der Waals surface area contributed by atoms with Crippen molar-refractivity contribution < 1.29 is 13.2 Å². The van der Waals surface area contributed by atoms with Gasteiger partial charge in [0, 0.05) is 55.6 Å². The third kappa shape index (κ3) is 4.93. The van der Waals surface area contributed by atoms with Crippen LogP contribution >= 0.6 is 11.3 Å². The molecule has 2 aliphatic heterocycles. The third-order valence-corrected chi connectivity index (χ3v) is 9.99. The summed E-state index contributed by atoms with van der Waals surface area (Å²) in [6.07, 6.45) is 4.13. The van der Waals surface area contributed by atoms with Gasteiger partial charge in [-0.25, -0.2) is 13.1 Å². The zero-order valence-corrected chi connectivity index (χ0v) is 23.5. The van der Waals surface area contributed by atoms with E-state index in [1.807, 2.05) is 35.3 Å². The average molecular weight is 543 g/mol. The van der Waals surface area contributed by atoms with Crippen LogP contribution in [0.15, 0.2) is 44.6 Å². The van der Waals surface area contributed by atoms with E-state index < -0.39 is 10.0 Å². The summed E-state index contributed by atoms with van der Waals surface area (Å²) in [5.41, 5.74) is 5.96. The molecule has 4 heterocycles. The average Bonchev–Trinajstić information content (AvgIpc) is 3.62. The molecule has 0 saturated carbocycles. The molecule has 3 aromatic rings. The number of aromatic nitrogens is 2. The van der Waals surface area contributed by atoms with Gasteiger partial charge in [-0.3, -0.25) is 4.99 Å². The van der Waals surface area contributed by atoms with E-state index in [-0.39, 0.29) is 0 Å². The van der Waals surface area contributed by atoms with Gasteiger partial charge in [-0.1, -0.05) is 0 Å². The number of thiazole rings is 1. The van der Waals surface area contributed by atoms with E-state index in [0.717, 1.165) is 64.8 Å². The van der Waals surface area contributed by atoms with E-state index in [1.165, 1.54) is 4.31 Å². The van der Waals surface area contributed by atoms with Crippen LogP contribution < -0.4 is 9.70 Å². The smallest absolute Gasteiger partial charge is 0.243 e. The predicted octanol–water partition coefficient (Wildman–Crippen LogP) is 3.30. The molecule has 0 atom stereocenters. The first-order chi connectivity index (χ1) is 17.8. The van der Waals surface area contributed by atoms with Crippen LogP contribution in [0.25, 0.3) is 5.69 Å². The Bertz CT molecular complexity index is 1490. The van der Waals surface area contributed by atoms with Gasteiger partial charge >= 0.3 is 0 Å². The molecule has 0 N–H and O–H groups in total. The highest BCUT2D eigenvalue weighted by atomic mass is 32.2. The lowest BCUT2D eigenvalue weighted by atomic mass is 10.2. The Balaban J connectivity index is 1.60. The van der Waals surface area contributed by atoms with Gasteiger partial charge in [-0.2, -0.15) is 9.41 Å². The van der Waals surface area contributed by atoms with Gasteiger partial charge in [-0.05, 0) is 57.9 Å². The fourth-order valence-electron chi connectivity index (χ4n) is 5.09. The maximum Gasteiger partial charge on any atom is 0.243 e. The largest absolute Gasteiger partial charge is 0.379 e. The molecular weight excluding hydrogens is 508 g/mol. The fourth-order valence-corrected chi connectivity index (χ4v) is 7.29. The quantitative estimate of drug-likeness (QED) is 0.448. The first-order valence-corrected chi connectivity index (χ1v) is 14.9. The molecule has 11 heteroatoms. The number of hydrogen-bond acceptors (Lipinski definition) is 7. The molecule has 1 aromatic carbocycles. The third-order valence-electron chi connectivity index (χ3n) is 7.07. The van der Waals surface area contributed by atoms with Crippen LogP contribution in [0, 0.1) is 20.8 Å². The Labute approximate surface area is 222 Å². The van der Waals surface area contributed by atoms with Crippen molar-refractivity contribution in [3.8, 4) is 5.69 Å². The highest BCUT2D eigenvalue weighted by Gasteiger charge is 2.28. The van der Waals surface area contributed by atoms with Gasteiger partial charge in [0.1, 0.15) is 0 Å². The molecule has 0 unspecified atom stereocenters. The number of morpholine rings is 1. The second-order valence-electron chi connectivity index (χ2n) is 9.46. The van der Waals surface area contributed by atoms with Crippen LogP contribution in [0.3, 0.4) is 0 Å². The van der Waals surface area contributed by atoms with Crippen molar-refractivity contribution in [3.63, 3.8) is 0 Å². The molecule has 2 aliphatic rings. The molecule has 9 nitrogen and oxygen atoms in total. The molecular formula is C26H34N6O3S2. The van der Waals surface area contributed by atoms with Gasteiger partial charge in [-0.15, -0.1) is 11.3 Å². The lowest BCUT2D eigenvalue weighted by molar-refractivity contribution is 0.0730. The predicted molar refractivity (Wildman–Crippen MR) is 148 cm³/mol. The molecule has 2 aromatic heterocycles. The van der Waals surface area contributed by atoms with E-state index in [0.29, 0.717) is 31.2 Å². The minimum atomic E-state index is -3.62. The number of benzene rings is 1. The van der Waals surface area contributed by atoms with E-state index in [2.05, 4.69) is 34.4 Å². The molecule has 2 saturated heterocycles. The number of ether oxygens (including phenoxy) is 1. The van der Waals surface area contributed by atoms with E-state index in [9.17, 15) is 8.42 Å². The molecule has 0 spiro atoms. The summed E-state index contributed by atoms with van der Waals surface area (Å²) < 4.78 is 37.9. The molecule has 5 rings (SSSR count). The summed E-state index contributed by atoms with van der Waals surface area (Å²) in [7, 11) is -1.86. The Morgan fingerprint density at radius 2 is 1.70 bits per heavy atom. The number of rotatable bonds is 6. The minimum absolute atomic E-state index is 0.314. The monoisotopic (exact) mass is 542 g/mol. The lowest BCUT2D eigenvalue weighted by Gasteiger charge is -2.28. The normalized spacial score (nSPS) is 17.9. The highest BCUT2D eigenvalue weighted by Crippen LogP contribution is 2.34. The van der Waals surface area contributed by atoms with Crippen LogP contribution in [0.2, 0.25) is 0 Å². The molecule has 37 heavy (non-hydrogen) atoms. The van der Waals surface area contributed by atoms with Gasteiger partial charge in [0.15, 0.2) is 0 Å². The number of hydrogen-bond donors (Lipinski definition) is 0. The summed E-state index contributed by atoms with van der Waals surface area (Å²) in [5, 5.41) is 6.74. The number of anilines is 1. The number of nitrogens with zero attached hydrogens (tertiary/aromatic N) is 6. The van der Waals surface area contributed by atoms with E-state index >= 15 is 0 Å². The Kier molecular flexibility index (Phi) is 7.39.